The molecule has 2 amide bonds. The van der Waals surface area contributed by atoms with E-state index in [0.717, 1.165) is 12.5 Å². The summed E-state index contributed by atoms with van der Waals surface area (Å²) in [6, 6.07) is 0. The highest BCUT2D eigenvalue weighted by atomic mass is 35.5. The van der Waals surface area contributed by atoms with Crippen molar-refractivity contribution in [1.29, 1.82) is 0 Å². The molecule has 1 saturated carbocycles. The number of carbonyl (C=O) groups is 2. The van der Waals surface area contributed by atoms with Crippen LogP contribution in [0.25, 0.3) is 0 Å². The summed E-state index contributed by atoms with van der Waals surface area (Å²) >= 11 is 0. The van der Waals surface area contributed by atoms with Crippen LogP contribution in [0.4, 0.5) is 0 Å². The number of hydrogen-bond acceptors (Lipinski definition) is 4. The van der Waals surface area contributed by atoms with Crippen LogP contribution < -0.4 is 10.6 Å². The molecule has 2 aliphatic rings. The molecule has 6 nitrogen and oxygen atoms in total. The average Bonchev–Trinajstić information content (AvgIpc) is 3.24. The van der Waals surface area contributed by atoms with Gasteiger partial charge in [-0.25, -0.2) is 0 Å². The number of ether oxygens (including phenoxy) is 1. The van der Waals surface area contributed by atoms with Gasteiger partial charge >= 0.3 is 0 Å². The summed E-state index contributed by atoms with van der Waals surface area (Å²) in [5.41, 5.74) is 0. The Morgan fingerprint density at radius 1 is 1.20 bits per heavy atom. The third kappa shape index (κ3) is 6.54. The second kappa shape index (κ2) is 9.15. The molecular weight excluding hydrogens is 282 g/mol. The molecule has 0 unspecified atom stereocenters. The lowest BCUT2D eigenvalue weighted by molar-refractivity contribution is -0.135. The van der Waals surface area contributed by atoms with E-state index >= 15 is 0 Å². The van der Waals surface area contributed by atoms with Crippen molar-refractivity contribution in [2.75, 3.05) is 45.9 Å². The molecule has 1 saturated heterocycles. The maximum atomic E-state index is 11.8. The second-order valence-electron chi connectivity index (χ2n) is 5.17. The molecule has 7 heteroatoms. The van der Waals surface area contributed by atoms with Crippen LogP contribution in [0.15, 0.2) is 0 Å². The van der Waals surface area contributed by atoms with Gasteiger partial charge in [-0.05, 0) is 25.3 Å². The first-order valence-electron chi connectivity index (χ1n) is 7.08. The second-order valence-corrected chi connectivity index (χ2v) is 5.17. The van der Waals surface area contributed by atoms with Gasteiger partial charge in [-0.1, -0.05) is 0 Å². The predicted molar refractivity (Wildman–Crippen MR) is 77.9 cm³/mol. The lowest BCUT2D eigenvalue weighted by Gasteiger charge is -2.26. The van der Waals surface area contributed by atoms with Gasteiger partial charge in [0.1, 0.15) is 0 Å². The Labute approximate surface area is 126 Å². The molecule has 1 aliphatic heterocycles. The fraction of sp³-hybridized carbons (Fsp3) is 0.846. The normalized spacial score (nSPS) is 18.3. The summed E-state index contributed by atoms with van der Waals surface area (Å²) in [6.07, 6.45) is 2.93. The number of amides is 2. The van der Waals surface area contributed by atoms with E-state index in [4.69, 9.17) is 4.74 Å². The van der Waals surface area contributed by atoms with Gasteiger partial charge in [0.2, 0.25) is 11.8 Å². The van der Waals surface area contributed by atoms with E-state index in [-0.39, 0.29) is 24.2 Å². The number of halogens is 1. The third-order valence-electron chi connectivity index (χ3n) is 3.44. The molecule has 0 atom stereocenters. The number of nitrogens with zero attached hydrogens (tertiary/aromatic N) is 1. The minimum Gasteiger partial charge on any atom is -0.378 e. The van der Waals surface area contributed by atoms with Gasteiger partial charge in [-0.2, -0.15) is 0 Å². The number of nitrogens with one attached hydrogen (secondary N) is 2. The molecule has 2 N–H and O–H groups in total. The van der Waals surface area contributed by atoms with Crippen LogP contribution in [0.3, 0.4) is 0 Å². The Morgan fingerprint density at radius 3 is 2.55 bits per heavy atom. The van der Waals surface area contributed by atoms with Gasteiger partial charge in [0, 0.05) is 26.1 Å². The molecule has 0 spiro atoms. The van der Waals surface area contributed by atoms with Crippen molar-refractivity contribution >= 4 is 24.2 Å². The summed E-state index contributed by atoms with van der Waals surface area (Å²) in [4.78, 5) is 25.1. The van der Waals surface area contributed by atoms with E-state index in [2.05, 4.69) is 10.6 Å². The van der Waals surface area contributed by atoms with Gasteiger partial charge in [-0.3, -0.25) is 9.59 Å². The monoisotopic (exact) mass is 305 g/mol. The fourth-order valence-electron chi connectivity index (χ4n) is 2.05. The molecule has 116 valence electrons. The zero-order valence-corrected chi connectivity index (χ0v) is 12.5. The van der Waals surface area contributed by atoms with Crippen molar-refractivity contribution in [2.24, 2.45) is 5.92 Å². The zero-order valence-electron chi connectivity index (χ0n) is 11.7. The minimum atomic E-state index is -0.0320. The Morgan fingerprint density at radius 2 is 1.90 bits per heavy atom. The molecule has 0 aromatic heterocycles. The highest BCUT2D eigenvalue weighted by Gasteiger charge is 2.20. The van der Waals surface area contributed by atoms with Crippen LogP contribution in [-0.2, 0) is 14.3 Å². The minimum absolute atomic E-state index is 0. The SMILES string of the molecule is Cl.O=C(CNCC1CC1)NCCC(=O)N1CCOCC1. The van der Waals surface area contributed by atoms with Crippen molar-refractivity contribution in [2.45, 2.75) is 19.3 Å². The lowest BCUT2D eigenvalue weighted by Crippen LogP contribution is -2.42. The third-order valence-corrected chi connectivity index (χ3v) is 3.44. The average molecular weight is 306 g/mol. The summed E-state index contributed by atoms with van der Waals surface area (Å²) in [5.74, 6) is 0.834. The van der Waals surface area contributed by atoms with E-state index in [1.807, 2.05) is 0 Å². The number of morpholine rings is 1. The fourth-order valence-corrected chi connectivity index (χ4v) is 2.05. The lowest BCUT2D eigenvalue weighted by atomic mass is 10.3. The van der Waals surface area contributed by atoms with Gasteiger partial charge in [0.15, 0.2) is 0 Å². The highest BCUT2D eigenvalue weighted by molar-refractivity contribution is 5.85. The summed E-state index contributed by atoms with van der Waals surface area (Å²) < 4.78 is 5.19. The molecule has 0 aromatic rings. The predicted octanol–water partition coefficient (Wildman–Crippen LogP) is -0.227. The Bertz CT molecular complexity index is 318. The molecule has 2 rings (SSSR count). The van der Waals surface area contributed by atoms with Gasteiger partial charge in [0.05, 0.1) is 19.8 Å². The van der Waals surface area contributed by atoms with Crippen LogP contribution in [-0.4, -0.2) is 62.7 Å². The van der Waals surface area contributed by atoms with Crippen LogP contribution in [0.1, 0.15) is 19.3 Å². The zero-order chi connectivity index (χ0) is 13.5. The molecule has 0 bridgehead atoms. The van der Waals surface area contributed by atoms with Gasteiger partial charge in [0.25, 0.3) is 0 Å². The Kier molecular flexibility index (Phi) is 7.87. The van der Waals surface area contributed by atoms with E-state index in [9.17, 15) is 9.59 Å². The van der Waals surface area contributed by atoms with Crippen LogP contribution >= 0.6 is 12.4 Å². The van der Waals surface area contributed by atoms with Crippen molar-refractivity contribution in [3.63, 3.8) is 0 Å². The Hall–Kier alpha value is -0.850. The number of rotatable bonds is 7. The first kappa shape index (κ1) is 17.2. The summed E-state index contributed by atoms with van der Waals surface area (Å²) in [7, 11) is 0. The molecule has 0 aromatic carbocycles. The van der Waals surface area contributed by atoms with E-state index in [0.29, 0.717) is 45.8 Å². The quantitative estimate of drug-likeness (QED) is 0.682. The van der Waals surface area contributed by atoms with Crippen LogP contribution in [0, 0.1) is 5.92 Å². The summed E-state index contributed by atoms with van der Waals surface area (Å²) in [6.45, 7) is 4.25. The number of carbonyl (C=O) groups excluding carboxylic acids is 2. The Balaban J connectivity index is 0.00000200. The molecule has 20 heavy (non-hydrogen) atoms. The van der Waals surface area contributed by atoms with Crippen molar-refractivity contribution in [3.8, 4) is 0 Å². The molecule has 2 fully saturated rings. The van der Waals surface area contributed by atoms with Crippen LogP contribution in [0.5, 0.6) is 0 Å². The van der Waals surface area contributed by atoms with E-state index in [1.54, 1.807) is 4.90 Å². The number of hydrogen-bond donors (Lipinski definition) is 2. The van der Waals surface area contributed by atoms with Crippen molar-refractivity contribution in [3.05, 3.63) is 0 Å². The van der Waals surface area contributed by atoms with Crippen molar-refractivity contribution in [1.82, 2.24) is 15.5 Å². The first-order chi connectivity index (χ1) is 9.25. The van der Waals surface area contributed by atoms with Gasteiger partial charge in [-0.15, -0.1) is 12.4 Å². The topological polar surface area (TPSA) is 70.7 Å². The van der Waals surface area contributed by atoms with E-state index in [1.165, 1.54) is 12.8 Å². The largest absolute Gasteiger partial charge is 0.378 e. The van der Waals surface area contributed by atoms with Gasteiger partial charge < -0.3 is 20.3 Å². The molecular formula is C13H24ClN3O3. The standard InChI is InChI=1S/C13H23N3O3.ClH/c17-12(10-14-9-11-1-2-11)15-4-3-13(18)16-5-7-19-8-6-16;/h11,14H,1-10H2,(H,15,17);1H. The maximum absolute atomic E-state index is 11.8. The van der Waals surface area contributed by atoms with Crippen molar-refractivity contribution < 1.29 is 14.3 Å². The summed E-state index contributed by atoms with van der Waals surface area (Å²) in [5, 5.41) is 5.89. The van der Waals surface area contributed by atoms with E-state index < -0.39 is 0 Å². The smallest absolute Gasteiger partial charge is 0.233 e. The molecule has 1 aliphatic carbocycles. The van der Waals surface area contributed by atoms with Crippen LogP contribution in [0.2, 0.25) is 0 Å². The molecule has 0 radical (unpaired) electrons. The highest BCUT2D eigenvalue weighted by Crippen LogP contribution is 2.27. The first-order valence-corrected chi connectivity index (χ1v) is 7.08. The maximum Gasteiger partial charge on any atom is 0.233 e. The molecule has 1 heterocycles.